The van der Waals surface area contributed by atoms with Crippen LogP contribution in [0.1, 0.15) is 5.76 Å². The highest BCUT2D eigenvalue weighted by Crippen LogP contribution is 2.35. The van der Waals surface area contributed by atoms with Gasteiger partial charge in [0.05, 0.1) is 6.20 Å². The van der Waals surface area contributed by atoms with Crippen LogP contribution >= 0.6 is 23.2 Å². The molecule has 0 bridgehead atoms. The van der Waals surface area contributed by atoms with Gasteiger partial charge in [0.2, 0.25) is 5.76 Å². The van der Waals surface area contributed by atoms with Gasteiger partial charge in [0.15, 0.2) is 11.3 Å². The van der Waals surface area contributed by atoms with Crippen molar-refractivity contribution < 1.29 is 4.52 Å². The van der Waals surface area contributed by atoms with Crippen LogP contribution in [0.2, 0.25) is 10.0 Å². The van der Waals surface area contributed by atoms with Crippen molar-refractivity contribution in [2.45, 2.75) is 0 Å². The van der Waals surface area contributed by atoms with Crippen molar-refractivity contribution in [3.63, 3.8) is 0 Å². The van der Waals surface area contributed by atoms with Crippen molar-refractivity contribution in [1.29, 1.82) is 5.26 Å². The first-order valence-corrected chi connectivity index (χ1v) is 9.98. The van der Waals surface area contributed by atoms with E-state index in [1.807, 2.05) is 30.3 Å². The van der Waals surface area contributed by atoms with Crippen LogP contribution in [0.15, 0.2) is 70.1 Å². The fourth-order valence-corrected chi connectivity index (χ4v) is 3.54. The third-order valence-electron chi connectivity index (χ3n) is 4.79. The van der Waals surface area contributed by atoms with E-state index in [1.54, 1.807) is 30.5 Å². The van der Waals surface area contributed by atoms with Crippen LogP contribution in [0.25, 0.3) is 39.3 Å². The van der Waals surface area contributed by atoms with Gasteiger partial charge in [0.1, 0.15) is 11.8 Å². The molecule has 0 aliphatic rings. The van der Waals surface area contributed by atoms with Gasteiger partial charge >= 0.3 is 5.56 Å². The second kappa shape index (κ2) is 7.89. The Bertz CT molecular complexity index is 1570. The van der Waals surface area contributed by atoms with E-state index in [1.165, 1.54) is 6.07 Å². The first kappa shape index (κ1) is 19.9. The second-order valence-corrected chi connectivity index (χ2v) is 7.60. The second-order valence-electron chi connectivity index (χ2n) is 6.72. The summed E-state index contributed by atoms with van der Waals surface area (Å²) in [4.78, 5) is 13.2. The Morgan fingerprint density at radius 3 is 2.22 bits per heavy atom. The van der Waals surface area contributed by atoms with Crippen LogP contribution in [0, 0.1) is 11.3 Å². The predicted molar refractivity (Wildman–Crippen MR) is 118 cm³/mol. The molecule has 154 valence electrons. The van der Waals surface area contributed by atoms with Crippen LogP contribution in [-0.2, 0) is 0 Å². The third-order valence-corrected chi connectivity index (χ3v) is 5.29. The molecule has 0 atom stereocenters. The minimum absolute atomic E-state index is 0.0424. The van der Waals surface area contributed by atoms with Gasteiger partial charge in [-0.15, -0.1) is 10.2 Å². The quantitative estimate of drug-likeness (QED) is 0.385. The summed E-state index contributed by atoms with van der Waals surface area (Å²) in [6.07, 6.45) is 1.58. The molecule has 0 aliphatic carbocycles. The normalized spacial score (nSPS) is 10.9. The average molecular weight is 461 g/mol. The van der Waals surface area contributed by atoms with Gasteiger partial charge in [-0.05, 0) is 35.4 Å². The molecule has 0 aliphatic heterocycles. The number of benzene rings is 2. The molecule has 0 saturated heterocycles. The highest BCUT2D eigenvalue weighted by Gasteiger charge is 2.20. The van der Waals surface area contributed by atoms with E-state index in [0.29, 0.717) is 15.6 Å². The largest absolute Gasteiger partial charge is 0.345 e. The first-order chi connectivity index (χ1) is 15.5. The molecule has 10 heteroatoms. The molecular formula is C22H10Cl2N6O2. The van der Waals surface area contributed by atoms with E-state index in [-0.39, 0.29) is 22.8 Å². The van der Waals surface area contributed by atoms with Gasteiger partial charge in [0, 0.05) is 27.2 Å². The van der Waals surface area contributed by atoms with Gasteiger partial charge in [0.25, 0.3) is 0 Å². The molecular weight excluding hydrogens is 451 g/mol. The molecule has 0 fully saturated rings. The Kier molecular flexibility index (Phi) is 4.90. The smallest absolute Gasteiger partial charge is 0.303 e. The molecule has 3 heterocycles. The number of halogens is 2. The maximum atomic E-state index is 13.2. The number of rotatable bonds is 3. The Hall–Kier alpha value is -4.06. The van der Waals surface area contributed by atoms with Gasteiger partial charge in [-0.25, -0.2) is 0 Å². The Balaban J connectivity index is 1.80. The van der Waals surface area contributed by atoms with Gasteiger partial charge < -0.3 is 4.52 Å². The molecule has 0 N–H and O–H groups in total. The lowest BCUT2D eigenvalue weighted by Gasteiger charge is -2.13. The van der Waals surface area contributed by atoms with Crippen molar-refractivity contribution in [3.8, 4) is 39.7 Å². The molecule has 0 saturated carbocycles. The SMILES string of the molecule is N#Cc1cc(-c2nnc3c(-c4ccc(Cl)cc4)c(-c4ccc(Cl)cc4)cnn3c2=O)no1. The van der Waals surface area contributed by atoms with E-state index in [0.717, 1.165) is 21.2 Å². The van der Waals surface area contributed by atoms with Crippen molar-refractivity contribution in [3.05, 3.63) is 87.0 Å². The van der Waals surface area contributed by atoms with Gasteiger partial charge in [-0.1, -0.05) is 52.6 Å². The van der Waals surface area contributed by atoms with E-state index in [2.05, 4.69) is 20.5 Å². The van der Waals surface area contributed by atoms with Crippen molar-refractivity contribution in [1.82, 2.24) is 25.0 Å². The molecule has 32 heavy (non-hydrogen) atoms. The summed E-state index contributed by atoms with van der Waals surface area (Å²) in [6, 6.07) is 17.5. The number of nitrogens with zero attached hydrogens (tertiary/aromatic N) is 6. The van der Waals surface area contributed by atoms with Crippen molar-refractivity contribution >= 4 is 28.8 Å². The highest BCUT2D eigenvalue weighted by molar-refractivity contribution is 6.31. The maximum absolute atomic E-state index is 13.2. The molecule has 5 rings (SSSR count). The van der Waals surface area contributed by atoms with Gasteiger partial charge in [-0.2, -0.15) is 14.9 Å². The standard InChI is InChI=1S/C22H10Cl2N6O2/c23-14-5-1-12(2-6-14)17-11-26-30-21(19(17)13-3-7-15(24)8-4-13)28-27-20(22(30)31)18-9-16(10-25)32-29-18/h1-9,11H. The highest BCUT2D eigenvalue weighted by atomic mass is 35.5. The lowest BCUT2D eigenvalue weighted by molar-refractivity contribution is 0.412. The van der Waals surface area contributed by atoms with Gasteiger partial charge in [-0.3, -0.25) is 4.79 Å². The summed E-state index contributed by atoms with van der Waals surface area (Å²) in [7, 11) is 0. The van der Waals surface area contributed by atoms with E-state index >= 15 is 0 Å². The zero-order chi connectivity index (χ0) is 22.2. The zero-order valence-corrected chi connectivity index (χ0v) is 17.5. The summed E-state index contributed by atoms with van der Waals surface area (Å²) in [5.74, 6) is -0.0424. The number of hydrogen-bond donors (Lipinski definition) is 0. The lowest BCUT2D eigenvalue weighted by Crippen LogP contribution is -2.22. The topological polar surface area (TPSA) is 110 Å². The number of hydrogen-bond acceptors (Lipinski definition) is 7. The number of nitriles is 1. The average Bonchev–Trinajstić information content (AvgIpc) is 3.29. The fraction of sp³-hybridized carbons (Fsp3) is 0. The summed E-state index contributed by atoms with van der Waals surface area (Å²) in [6.45, 7) is 0. The summed E-state index contributed by atoms with van der Waals surface area (Å²) >= 11 is 12.1. The first-order valence-electron chi connectivity index (χ1n) is 9.23. The fourth-order valence-electron chi connectivity index (χ4n) is 3.29. The Labute approximate surface area is 190 Å². The molecule has 5 aromatic rings. The minimum atomic E-state index is -0.550. The zero-order valence-electron chi connectivity index (χ0n) is 16.0. The summed E-state index contributed by atoms with van der Waals surface area (Å²) in [5, 5.41) is 26.5. The number of fused-ring (bicyclic) bond motifs is 1. The van der Waals surface area contributed by atoms with Crippen LogP contribution in [0.4, 0.5) is 0 Å². The van der Waals surface area contributed by atoms with Crippen molar-refractivity contribution in [2.75, 3.05) is 0 Å². The monoisotopic (exact) mass is 460 g/mol. The maximum Gasteiger partial charge on any atom is 0.303 e. The van der Waals surface area contributed by atoms with Crippen LogP contribution in [0.3, 0.4) is 0 Å². The van der Waals surface area contributed by atoms with Crippen LogP contribution in [0.5, 0.6) is 0 Å². The van der Waals surface area contributed by atoms with E-state index < -0.39 is 5.56 Å². The molecule has 3 aromatic heterocycles. The summed E-state index contributed by atoms with van der Waals surface area (Å²) in [5.41, 5.74) is 2.71. The summed E-state index contributed by atoms with van der Waals surface area (Å²) < 4.78 is 6.00. The molecule has 0 amide bonds. The Morgan fingerprint density at radius 2 is 1.59 bits per heavy atom. The van der Waals surface area contributed by atoms with Crippen LogP contribution < -0.4 is 5.56 Å². The molecule has 0 spiro atoms. The molecule has 0 radical (unpaired) electrons. The van der Waals surface area contributed by atoms with E-state index in [4.69, 9.17) is 33.0 Å². The predicted octanol–water partition coefficient (Wildman–Crippen LogP) is 4.65. The lowest BCUT2D eigenvalue weighted by atomic mass is 9.97. The van der Waals surface area contributed by atoms with Crippen LogP contribution in [-0.4, -0.2) is 25.0 Å². The molecule has 2 aromatic carbocycles. The minimum Gasteiger partial charge on any atom is -0.345 e. The molecule has 8 nitrogen and oxygen atoms in total. The third kappa shape index (κ3) is 3.39. The Morgan fingerprint density at radius 1 is 0.938 bits per heavy atom. The molecule has 0 unspecified atom stereocenters. The number of aromatic nitrogens is 5. The van der Waals surface area contributed by atoms with E-state index in [9.17, 15) is 4.79 Å². The van der Waals surface area contributed by atoms with Crippen molar-refractivity contribution in [2.24, 2.45) is 0 Å².